The SMILES string of the molecule is COC1=C(OC)C(=O)c2ccccc2C1=O.FF.FF.FF. The Morgan fingerprint density at radius 2 is 0.955 bits per heavy atom. The van der Waals surface area contributed by atoms with Crippen LogP contribution in [-0.4, -0.2) is 25.8 Å². The van der Waals surface area contributed by atoms with E-state index in [0.717, 1.165) is 0 Å². The Hall–Kier alpha value is -2.52. The first kappa shape index (κ1) is 21.8. The first-order valence-corrected chi connectivity index (χ1v) is 5.14. The molecule has 10 heteroatoms. The summed E-state index contributed by atoms with van der Waals surface area (Å²) in [6, 6.07) is 6.60. The van der Waals surface area contributed by atoms with Gasteiger partial charge in [-0.2, -0.15) is 0 Å². The van der Waals surface area contributed by atoms with E-state index in [1.807, 2.05) is 0 Å². The van der Waals surface area contributed by atoms with E-state index in [1.54, 1.807) is 24.3 Å². The number of fused-ring (bicyclic) bond motifs is 1. The van der Waals surface area contributed by atoms with E-state index in [-0.39, 0.29) is 23.1 Å². The third-order valence-corrected chi connectivity index (χ3v) is 2.44. The third-order valence-electron chi connectivity index (χ3n) is 2.44. The predicted octanol–water partition coefficient (Wildman–Crippen LogP) is 4.09. The molecule has 0 fully saturated rings. The molecule has 0 bridgehead atoms. The van der Waals surface area contributed by atoms with Crippen molar-refractivity contribution in [2.24, 2.45) is 0 Å². The molecule has 0 saturated carbocycles. The van der Waals surface area contributed by atoms with E-state index in [4.69, 9.17) is 36.9 Å². The van der Waals surface area contributed by atoms with E-state index in [1.165, 1.54) is 14.2 Å². The molecule has 124 valence electrons. The average Bonchev–Trinajstić information content (AvgIpc) is 2.63. The molecule has 22 heavy (non-hydrogen) atoms. The molecule has 0 saturated heterocycles. The van der Waals surface area contributed by atoms with Gasteiger partial charge in [0.1, 0.15) is 0 Å². The fourth-order valence-corrected chi connectivity index (χ4v) is 1.70. The Labute approximate surface area is 120 Å². The van der Waals surface area contributed by atoms with E-state index in [0.29, 0.717) is 11.1 Å². The van der Waals surface area contributed by atoms with Crippen LogP contribution in [0.3, 0.4) is 0 Å². The zero-order valence-electron chi connectivity index (χ0n) is 11.2. The highest BCUT2D eigenvalue weighted by molar-refractivity contribution is 6.25. The van der Waals surface area contributed by atoms with Crippen molar-refractivity contribution in [3.8, 4) is 0 Å². The van der Waals surface area contributed by atoms with Crippen LogP contribution in [0.15, 0.2) is 35.8 Å². The number of halogens is 6. The number of ether oxygens (including phenoxy) is 2. The average molecular weight is 332 g/mol. The minimum atomic E-state index is -0.324. The molecule has 0 heterocycles. The fraction of sp³-hybridized carbons (Fsp3) is 0.167. The monoisotopic (exact) mass is 332 g/mol. The van der Waals surface area contributed by atoms with E-state index in [2.05, 4.69) is 0 Å². The highest BCUT2D eigenvalue weighted by Gasteiger charge is 2.33. The molecule has 0 unspecified atom stereocenters. The van der Waals surface area contributed by atoms with Gasteiger partial charge in [-0.1, -0.05) is 24.3 Å². The molecule has 0 N–H and O–H groups in total. The highest BCUT2D eigenvalue weighted by Crippen LogP contribution is 2.26. The molecule has 0 radical (unpaired) electrons. The van der Waals surface area contributed by atoms with Gasteiger partial charge in [0.15, 0.2) is 0 Å². The number of methoxy groups -OCH3 is 2. The lowest BCUT2D eigenvalue weighted by molar-refractivity contribution is 0.0829. The zero-order valence-corrected chi connectivity index (χ0v) is 11.2. The van der Waals surface area contributed by atoms with Crippen molar-refractivity contribution in [2.45, 2.75) is 0 Å². The van der Waals surface area contributed by atoms with Crippen molar-refractivity contribution >= 4 is 11.6 Å². The van der Waals surface area contributed by atoms with E-state index >= 15 is 0 Å². The molecular weight excluding hydrogens is 322 g/mol. The lowest BCUT2D eigenvalue weighted by Crippen LogP contribution is -2.23. The van der Waals surface area contributed by atoms with Gasteiger partial charge in [0.2, 0.25) is 23.1 Å². The van der Waals surface area contributed by atoms with Crippen molar-refractivity contribution in [3.63, 3.8) is 0 Å². The maximum absolute atomic E-state index is 11.9. The number of carbonyl (C=O) groups excluding carboxylic acids is 2. The second kappa shape index (κ2) is 12.2. The number of benzene rings is 1. The van der Waals surface area contributed by atoms with Crippen molar-refractivity contribution < 1.29 is 46.5 Å². The van der Waals surface area contributed by atoms with Crippen LogP contribution >= 0.6 is 0 Å². The largest absolute Gasteiger partial charge is 0.489 e. The Morgan fingerprint density at radius 1 is 0.682 bits per heavy atom. The molecular formula is C12H10F6O4. The third kappa shape index (κ3) is 4.50. The summed E-state index contributed by atoms with van der Waals surface area (Å²) in [5.41, 5.74) is 0.704. The smallest absolute Gasteiger partial charge is 0.232 e. The normalized spacial score (nSPS) is 11.6. The van der Waals surface area contributed by atoms with Crippen LogP contribution in [-0.2, 0) is 9.47 Å². The van der Waals surface area contributed by atoms with Gasteiger partial charge in [0.25, 0.3) is 0 Å². The summed E-state index contributed by atoms with van der Waals surface area (Å²) in [5, 5.41) is 0. The summed E-state index contributed by atoms with van der Waals surface area (Å²) < 4.78 is 57.8. The van der Waals surface area contributed by atoms with Crippen LogP contribution in [0, 0.1) is 0 Å². The van der Waals surface area contributed by atoms with Gasteiger partial charge in [0, 0.05) is 38.6 Å². The van der Waals surface area contributed by atoms with Crippen LogP contribution in [0.25, 0.3) is 0 Å². The maximum atomic E-state index is 11.9. The standard InChI is InChI=1S/C12H10O4.3F2/c1-15-11-9(13)7-5-3-4-6-8(7)10(14)12(11)16-2;3*1-2/h3-6H,1-2H3;;;. The Bertz CT molecular complexity index is 473. The fourth-order valence-electron chi connectivity index (χ4n) is 1.70. The van der Waals surface area contributed by atoms with Crippen molar-refractivity contribution in [1.82, 2.24) is 0 Å². The van der Waals surface area contributed by atoms with Gasteiger partial charge in [-0.05, 0) is 0 Å². The summed E-state index contributed by atoms with van der Waals surface area (Å²) in [7, 11) is 2.68. The summed E-state index contributed by atoms with van der Waals surface area (Å²) in [5.74, 6) is -0.721. The topological polar surface area (TPSA) is 52.6 Å². The molecule has 2 rings (SSSR count). The van der Waals surface area contributed by atoms with Gasteiger partial charge < -0.3 is 9.47 Å². The van der Waals surface area contributed by atoms with Gasteiger partial charge in [-0.15, -0.1) is 0 Å². The van der Waals surface area contributed by atoms with E-state index in [9.17, 15) is 9.59 Å². The molecule has 0 aromatic heterocycles. The van der Waals surface area contributed by atoms with Crippen LogP contribution in [0.1, 0.15) is 20.7 Å². The summed E-state index contributed by atoms with van der Waals surface area (Å²) in [6.07, 6.45) is 0. The first-order valence-electron chi connectivity index (χ1n) is 5.14. The quantitative estimate of drug-likeness (QED) is 0.766. The van der Waals surface area contributed by atoms with Crippen molar-refractivity contribution in [1.29, 1.82) is 0 Å². The molecule has 0 amide bonds. The first-order chi connectivity index (χ1) is 10.7. The summed E-state index contributed by atoms with van der Waals surface area (Å²) in [4.78, 5) is 23.9. The lowest BCUT2D eigenvalue weighted by atomic mass is 9.92. The number of allylic oxidation sites excluding steroid dienone is 2. The van der Waals surface area contributed by atoms with Crippen LogP contribution in [0.5, 0.6) is 0 Å². The molecule has 1 aromatic rings. The van der Waals surface area contributed by atoms with Crippen LogP contribution in [0.4, 0.5) is 27.4 Å². The number of Topliss-reactive ketones (excluding diaryl/α,β-unsaturated/α-hetero) is 2. The summed E-state index contributed by atoms with van der Waals surface area (Å²) >= 11 is 0. The van der Waals surface area contributed by atoms with Crippen molar-refractivity contribution in [3.05, 3.63) is 46.9 Å². The van der Waals surface area contributed by atoms with Gasteiger partial charge in [-0.3, -0.25) is 9.59 Å². The van der Waals surface area contributed by atoms with Gasteiger partial charge in [-0.25, -0.2) is 0 Å². The highest BCUT2D eigenvalue weighted by atomic mass is 20.0. The number of hydrogen-bond acceptors (Lipinski definition) is 4. The van der Waals surface area contributed by atoms with Crippen LogP contribution < -0.4 is 0 Å². The molecule has 0 aliphatic heterocycles. The maximum Gasteiger partial charge on any atom is 0.232 e. The molecule has 1 aromatic carbocycles. The lowest BCUT2D eigenvalue weighted by Gasteiger charge is -2.18. The predicted molar refractivity (Wildman–Crippen MR) is 62.8 cm³/mol. The Kier molecular flexibility index (Phi) is 12.1. The minimum absolute atomic E-state index is 0.0359. The van der Waals surface area contributed by atoms with Crippen molar-refractivity contribution in [2.75, 3.05) is 14.2 Å². The molecule has 1 aliphatic carbocycles. The van der Waals surface area contributed by atoms with E-state index < -0.39 is 0 Å². The van der Waals surface area contributed by atoms with Gasteiger partial charge >= 0.3 is 0 Å². The number of rotatable bonds is 2. The zero-order chi connectivity index (χ0) is 17.7. The summed E-state index contributed by atoms with van der Waals surface area (Å²) in [6.45, 7) is 0. The molecule has 0 atom stereocenters. The van der Waals surface area contributed by atoms with Gasteiger partial charge in [0.05, 0.1) is 14.2 Å². The molecule has 0 spiro atoms. The number of ketones is 2. The second-order valence-electron chi connectivity index (χ2n) is 3.27. The van der Waals surface area contributed by atoms with Crippen LogP contribution in [0.2, 0.25) is 0 Å². The minimum Gasteiger partial charge on any atom is -0.489 e. The molecule has 1 aliphatic rings. The molecule has 4 nitrogen and oxygen atoms in total. The number of carbonyl (C=O) groups is 2. The second-order valence-corrected chi connectivity index (χ2v) is 3.27. The Morgan fingerprint density at radius 3 is 1.18 bits per heavy atom. The number of hydrogen-bond donors (Lipinski definition) is 0. The Balaban J connectivity index is 0.